The molecule has 3 N–H and O–H groups in total. The van der Waals surface area contributed by atoms with Crippen LogP contribution < -0.4 is 11.1 Å². The molecule has 4 rings (SSSR count). The standard InChI is InChI=1S/C18H19F2N9/c1-18(2,13-6-7-29(27-13)15(19)20)26-17-24-14(23-16(21)25-17)10-4-5-12-11(8-10)9-22-28(12)3/h4-9,15H,1-3H3,(H3,21,23,24,25,26). The molecule has 0 amide bonds. The monoisotopic (exact) mass is 399 g/mol. The van der Waals surface area contributed by atoms with E-state index in [4.69, 9.17) is 5.73 Å². The van der Waals surface area contributed by atoms with Gasteiger partial charge < -0.3 is 11.1 Å². The molecule has 0 spiro atoms. The first-order chi connectivity index (χ1) is 13.7. The number of benzene rings is 1. The molecule has 0 radical (unpaired) electrons. The number of rotatable bonds is 5. The van der Waals surface area contributed by atoms with Crippen molar-refractivity contribution in [3.8, 4) is 11.4 Å². The zero-order valence-electron chi connectivity index (χ0n) is 16.0. The maximum atomic E-state index is 12.8. The molecule has 0 saturated carbocycles. The van der Waals surface area contributed by atoms with Crippen LogP contribution in [0.1, 0.15) is 26.1 Å². The third-order valence-corrected chi connectivity index (χ3v) is 4.53. The van der Waals surface area contributed by atoms with E-state index < -0.39 is 12.1 Å². The first kappa shape index (κ1) is 18.7. The topological polar surface area (TPSA) is 112 Å². The van der Waals surface area contributed by atoms with Crippen LogP contribution in [0.2, 0.25) is 0 Å². The molecule has 3 heterocycles. The molecule has 11 heteroatoms. The molecular formula is C18H19F2N9. The van der Waals surface area contributed by atoms with Crippen molar-refractivity contribution >= 4 is 22.8 Å². The summed E-state index contributed by atoms with van der Waals surface area (Å²) >= 11 is 0. The van der Waals surface area contributed by atoms with E-state index >= 15 is 0 Å². The van der Waals surface area contributed by atoms with Crippen molar-refractivity contribution in [2.75, 3.05) is 11.1 Å². The summed E-state index contributed by atoms with van der Waals surface area (Å²) in [6, 6.07) is 7.22. The minimum atomic E-state index is -2.71. The van der Waals surface area contributed by atoms with E-state index in [0.29, 0.717) is 16.2 Å². The number of aryl methyl sites for hydroxylation is 1. The van der Waals surface area contributed by atoms with Crippen molar-refractivity contribution in [3.63, 3.8) is 0 Å². The molecule has 0 aliphatic carbocycles. The predicted molar refractivity (Wildman–Crippen MR) is 104 cm³/mol. The van der Waals surface area contributed by atoms with Crippen LogP contribution in [0, 0.1) is 0 Å². The summed E-state index contributed by atoms with van der Waals surface area (Å²) in [5.41, 5.74) is 7.20. The van der Waals surface area contributed by atoms with Gasteiger partial charge in [-0.05, 0) is 38.1 Å². The fourth-order valence-corrected chi connectivity index (χ4v) is 3.00. The Labute approximate surface area is 164 Å². The molecule has 3 aromatic heterocycles. The molecule has 0 saturated heterocycles. The molecule has 0 unspecified atom stereocenters. The third kappa shape index (κ3) is 3.58. The highest BCUT2D eigenvalue weighted by atomic mass is 19.3. The number of aromatic nitrogens is 7. The number of nitrogens with zero attached hydrogens (tertiary/aromatic N) is 7. The Morgan fingerprint density at radius 3 is 2.66 bits per heavy atom. The number of nitrogen functional groups attached to an aromatic ring is 1. The number of nitrogens with two attached hydrogens (primary N) is 1. The van der Waals surface area contributed by atoms with Gasteiger partial charge in [-0.1, -0.05) is 0 Å². The highest BCUT2D eigenvalue weighted by Gasteiger charge is 2.26. The maximum absolute atomic E-state index is 12.8. The number of halogens is 2. The van der Waals surface area contributed by atoms with Gasteiger partial charge in [-0.3, -0.25) is 4.68 Å². The van der Waals surface area contributed by atoms with E-state index in [0.717, 1.165) is 16.5 Å². The molecular weight excluding hydrogens is 380 g/mol. The quantitative estimate of drug-likeness (QED) is 0.530. The number of hydrogen-bond acceptors (Lipinski definition) is 7. The van der Waals surface area contributed by atoms with Gasteiger partial charge in [-0.2, -0.15) is 33.9 Å². The van der Waals surface area contributed by atoms with Crippen molar-refractivity contribution in [2.24, 2.45) is 7.05 Å². The summed E-state index contributed by atoms with van der Waals surface area (Å²) in [5.74, 6) is 0.646. The highest BCUT2D eigenvalue weighted by Crippen LogP contribution is 2.26. The van der Waals surface area contributed by atoms with Crippen molar-refractivity contribution in [1.82, 2.24) is 34.5 Å². The molecule has 4 aromatic rings. The van der Waals surface area contributed by atoms with Crippen molar-refractivity contribution < 1.29 is 8.78 Å². The molecule has 1 aromatic carbocycles. The van der Waals surface area contributed by atoms with E-state index in [-0.39, 0.29) is 11.9 Å². The van der Waals surface area contributed by atoms with E-state index in [1.807, 2.05) is 25.2 Å². The van der Waals surface area contributed by atoms with E-state index in [2.05, 4.69) is 30.5 Å². The predicted octanol–water partition coefficient (Wildman–Crippen LogP) is 2.95. The second kappa shape index (κ2) is 6.76. The minimum absolute atomic E-state index is 0.0395. The van der Waals surface area contributed by atoms with Gasteiger partial charge in [0.1, 0.15) is 0 Å². The Morgan fingerprint density at radius 2 is 1.93 bits per heavy atom. The van der Waals surface area contributed by atoms with Crippen LogP contribution in [0.25, 0.3) is 22.3 Å². The van der Waals surface area contributed by atoms with Crippen LogP contribution in [-0.4, -0.2) is 34.5 Å². The van der Waals surface area contributed by atoms with Crippen LogP contribution in [0.15, 0.2) is 36.7 Å². The molecule has 29 heavy (non-hydrogen) atoms. The average Bonchev–Trinajstić information content (AvgIpc) is 3.29. The van der Waals surface area contributed by atoms with Crippen LogP contribution in [0.5, 0.6) is 0 Å². The molecule has 0 fully saturated rings. The van der Waals surface area contributed by atoms with Gasteiger partial charge in [0.15, 0.2) is 5.82 Å². The number of fused-ring (bicyclic) bond motifs is 1. The highest BCUT2D eigenvalue weighted by molar-refractivity contribution is 5.83. The molecule has 0 aliphatic heterocycles. The first-order valence-electron chi connectivity index (χ1n) is 8.78. The summed E-state index contributed by atoms with van der Waals surface area (Å²) in [5, 5.41) is 12.2. The number of alkyl halides is 2. The zero-order chi connectivity index (χ0) is 20.8. The Balaban J connectivity index is 1.66. The van der Waals surface area contributed by atoms with Crippen LogP contribution in [0.4, 0.5) is 20.7 Å². The maximum Gasteiger partial charge on any atom is 0.333 e. The van der Waals surface area contributed by atoms with Crippen molar-refractivity contribution in [2.45, 2.75) is 25.9 Å². The largest absolute Gasteiger partial charge is 0.368 e. The van der Waals surface area contributed by atoms with E-state index in [1.165, 1.54) is 12.3 Å². The zero-order valence-corrected chi connectivity index (χ0v) is 16.0. The molecule has 0 aliphatic rings. The Morgan fingerprint density at radius 1 is 1.14 bits per heavy atom. The third-order valence-electron chi connectivity index (χ3n) is 4.53. The lowest BCUT2D eigenvalue weighted by molar-refractivity contribution is 0.0558. The molecule has 150 valence electrons. The lowest BCUT2D eigenvalue weighted by Gasteiger charge is -2.24. The van der Waals surface area contributed by atoms with Gasteiger partial charge >= 0.3 is 6.55 Å². The van der Waals surface area contributed by atoms with Crippen molar-refractivity contribution in [3.05, 3.63) is 42.4 Å². The summed E-state index contributed by atoms with van der Waals surface area (Å²) in [7, 11) is 1.86. The lowest BCUT2D eigenvalue weighted by Crippen LogP contribution is -2.30. The van der Waals surface area contributed by atoms with Gasteiger partial charge in [-0.25, -0.2) is 4.68 Å². The van der Waals surface area contributed by atoms with Crippen LogP contribution in [0.3, 0.4) is 0 Å². The Bertz CT molecular complexity index is 1180. The second-order valence-electron chi connectivity index (χ2n) is 7.09. The molecule has 0 bridgehead atoms. The summed E-state index contributed by atoms with van der Waals surface area (Å²) in [6.07, 6.45) is 2.98. The van der Waals surface area contributed by atoms with Gasteiger partial charge in [0.25, 0.3) is 0 Å². The summed E-state index contributed by atoms with van der Waals surface area (Å²) < 4.78 is 28.0. The number of hydrogen-bond donors (Lipinski definition) is 2. The van der Waals surface area contributed by atoms with Crippen LogP contribution >= 0.6 is 0 Å². The van der Waals surface area contributed by atoms with Gasteiger partial charge in [0.05, 0.1) is 22.9 Å². The van der Waals surface area contributed by atoms with E-state index in [9.17, 15) is 8.78 Å². The molecule has 9 nitrogen and oxygen atoms in total. The second-order valence-corrected chi connectivity index (χ2v) is 7.09. The van der Waals surface area contributed by atoms with E-state index in [1.54, 1.807) is 24.7 Å². The van der Waals surface area contributed by atoms with Gasteiger partial charge in [-0.15, -0.1) is 0 Å². The van der Waals surface area contributed by atoms with Crippen molar-refractivity contribution in [1.29, 1.82) is 0 Å². The van der Waals surface area contributed by atoms with Gasteiger partial charge in [0, 0.05) is 24.2 Å². The lowest BCUT2D eigenvalue weighted by atomic mass is 10.0. The SMILES string of the molecule is Cn1ncc2cc(-c3nc(N)nc(NC(C)(C)c4ccn(C(F)F)n4)n3)ccc21. The average molecular weight is 399 g/mol. The fourth-order valence-electron chi connectivity index (χ4n) is 3.00. The number of nitrogens with one attached hydrogen (secondary N) is 1. The normalized spacial score (nSPS) is 12.1. The first-order valence-corrected chi connectivity index (χ1v) is 8.78. The van der Waals surface area contributed by atoms with Crippen LogP contribution in [-0.2, 0) is 12.6 Å². The smallest absolute Gasteiger partial charge is 0.333 e. The fraction of sp³-hybridized carbons (Fsp3) is 0.278. The minimum Gasteiger partial charge on any atom is -0.368 e. The van der Waals surface area contributed by atoms with Gasteiger partial charge in [0.2, 0.25) is 11.9 Å². The Hall–Kier alpha value is -3.63. The molecule has 0 atom stereocenters. The Kier molecular flexibility index (Phi) is 4.36. The summed E-state index contributed by atoms with van der Waals surface area (Å²) in [6.45, 7) is 0.861. The summed E-state index contributed by atoms with van der Waals surface area (Å²) in [4.78, 5) is 12.8. The number of anilines is 2.